The predicted octanol–water partition coefficient (Wildman–Crippen LogP) is 2.32. The van der Waals surface area contributed by atoms with E-state index >= 15 is 0 Å². The number of benzene rings is 1. The molecule has 0 fully saturated rings. The van der Waals surface area contributed by atoms with Gasteiger partial charge in [-0.25, -0.2) is 4.98 Å². The van der Waals surface area contributed by atoms with Crippen molar-refractivity contribution in [1.82, 2.24) is 14.9 Å². The number of nitrogens with one attached hydrogen (secondary N) is 1. The molecule has 15 heavy (non-hydrogen) atoms. The van der Waals surface area contributed by atoms with Gasteiger partial charge in [-0.2, -0.15) is 0 Å². The highest BCUT2D eigenvalue weighted by atomic mass is 35.5. The standard InChI is InChI=1S/C11H14ClN3/c1-15(2)7-6-10-13-9-5-3-4-8(12)11(9)14-10/h3-5H,6-7H2,1-2H3,(H,13,14). The number of halogens is 1. The summed E-state index contributed by atoms with van der Waals surface area (Å²) in [6.07, 6.45) is 0.915. The zero-order chi connectivity index (χ0) is 10.8. The Morgan fingerprint density at radius 1 is 1.40 bits per heavy atom. The van der Waals surface area contributed by atoms with Gasteiger partial charge < -0.3 is 9.88 Å². The summed E-state index contributed by atoms with van der Waals surface area (Å²) in [5.41, 5.74) is 1.88. The molecule has 0 radical (unpaired) electrons. The summed E-state index contributed by atoms with van der Waals surface area (Å²) >= 11 is 6.04. The van der Waals surface area contributed by atoms with Gasteiger partial charge in [-0.3, -0.25) is 0 Å². The van der Waals surface area contributed by atoms with Crippen molar-refractivity contribution >= 4 is 22.6 Å². The Kier molecular flexibility index (Phi) is 2.93. The maximum absolute atomic E-state index is 6.04. The normalized spacial score (nSPS) is 11.5. The van der Waals surface area contributed by atoms with Gasteiger partial charge in [0.25, 0.3) is 0 Å². The molecule has 4 heteroatoms. The fraction of sp³-hybridized carbons (Fsp3) is 0.364. The number of nitrogens with zero attached hydrogens (tertiary/aromatic N) is 2. The molecule has 1 aromatic carbocycles. The summed E-state index contributed by atoms with van der Waals surface area (Å²) in [5, 5.41) is 0.708. The topological polar surface area (TPSA) is 31.9 Å². The van der Waals surface area contributed by atoms with Crippen LogP contribution in [0.5, 0.6) is 0 Å². The number of fused-ring (bicyclic) bond motifs is 1. The van der Waals surface area contributed by atoms with Crippen molar-refractivity contribution in [3.8, 4) is 0 Å². The summed E-state index contributed by atoms with van der Waals surface area (Å²) in [6, 6.07) is 5.78. The van der Waals surface area contributed by atoms with Crippen molar-refractivity contribution in [2.45, 2.75) is 6.42 Å². The first-order valence-electron chi connectivity index (χ1n) is 4.94. The van der Waals surface area contributed by atoms with Gasteiger partial charge in [0.1, 0.15) is 11.3 Å². The van der Waals surface area contributed by atoms with Crippen LogP contribution in [0.3, 0.4) is 0 Å². The Labute approximate surface area is 94.1 Å². The van der Waals surface area contributed by atoms with E-state index in [0.717, 1.165) is 29.8 Å². The van der Waals surface area contributed by atoms with Crippen LogP contribution in [0.15, 0.2) is 18.2 Å². The highest BCUT2D eigenvalue weighted by Gasteiger charge is 2.05. The van der Waals surface area contributed by atoms with E-state index in [-0.39, 0.29) is 0 Å². The number of H-pyrrole nitrogens is 1. The molecule has 0 atom stereocenters. The Balaban J connectivity index is 2.27. The van der Waals surface area contributed by atoms with Crippen LogP contribution in [0.1, 0.15) is 5.82 Å². The van der Waals surface area contributed by atoms with Crippen molar-refractivity contribution in [3.63, 3.8) is 0 Å². The molecule has 1 aromatic heterocycles. The number of para-hydroxylation sites is 1. The molecule has 0 bridgehead atoms. The lowest BCUT2D eigenvalue weighted by atomic mass is 10.3. The summed E-state index contributed by atoms with van der Waals surface area (Å²) in [6.45, 7) is 0.984. The molecule has 0 aliphatic heterocycles. The van der Waals surface area contributed by atoms with Crippen molar-refractivity contribution in [2.24, 2.45) is 0 Å². The molecule has 3 nitrogen and oxygen atoms in total. The second-order valence-electron chi connectivity index (χ2n) is 3.87. The van der Waals surface area contributed by atoms with E-state index in [0.29, 0.717) is 5.02 Å². The molecule has 2 aromatic rings. The summed E-state index contributed by atoms with van der Waals surface area (Å²) in [4.78, 5) is 9.87. The highest BCUT2D eigenvalue weighted by Crippen LogP contribution is 2.20. The molecule has 0 saturated heterocycles. The maximum Gasteiger partial charge on any atom is 0.108 e. The van der Waals surface area contributed by atoms with Crippen LogP contribution in [0.25, 0.3) is 11.0 Å². The fourth-order valence-corrected chi connectivity index (χ4v) is 1.71. The lowest BCUT2D eigenvalue weighted by molar-refractivity contribution is 0.410. The molecular weight excluding hydrogens is 210 g/mol. The van der Waals surface area contributed by atoms with Crippen LogP contribution in [-0.2, 0) is 6.42 Å². The van der Waals surface area contributed by atoms with Gasteiger partial charge in [0.2, 0.25) is 0 Å². The van der Waals surface area contributed by atoms with E-state index in [2.05, 4.69) is 29.0 Å². The number of likely N-dealkylation sites (N-methyl/N-ethyl adjacent to an activating group) is 1. The zero-order valence-corrected chi connectivity index (χ0v) is 9.67. The van der Waals surface area contributed by atoms with Crippen molar-refractivity contribution in [2.75, 3.05) is 20.6 Å². The Morgan fingerprint density at radius 2 is 2.20 bits per heavy atom. The largest absolute Gasteiger partial charge is 0.342 e. The molecule has 0 aliphatic carbocycles. The molecule has 0 amide bonds. The first kappa shape index (κ1) is 10.5. The molecule has 0 aliphatic rings. The van der Waals surface area contributed by atoms with Crippen LogP contribution in [0.2, 0.25) is 5.02 Å². The summed E-state index contributed by atoms with van der Waals surface area (Å²) < 4.78 is 0. The summed E-state index contributed by atoms with van der Waals surface area (Å²) in [5.74, 6) is 0.992. The lowest BCUT2D eigenvalue weighted by Gasteiger charge is -2.06. The Morgan fingerprint density at radius 3 is 2.87 bits per heavy atom. The second kappa shape index (κ2) is 4.21. The van der Waals surface area contributed by atoms with Gasteiger partial charge in [-0.15, -0.1) is 0 Å². The smallest absolute Gasteiger partial charge is 0.108 e. The number of hydrogen-bond donors (Lipinski definition) is 1. The van der Waals surface area contributed by atoms with E-state index in [1.807, 2.05) is 18.2 Å². The maximum atomic E-state index is 6.04. The van der Waals surface area contributed by atoms with Crippen molar-refractivity contribution in [3.05, 3.63) is 29.0 Å². The highest BCUT2D eigenvalue weighted by molar-refractivity contribution is 6.34. The minimum Gasteiger partial charge on any atom is -0.342 e. The number of aromatic amines is 1. The molecule has 80 valence electrons. The van der Waals surface area contributed by atoms with Crippen LogP contribution >= 0.6 is 11.6 Å². The third-order valence-corrected chi connectivity index (χ3v) is 2.61. The first-order valence-corrected chi connectivity index (χ1v) is 5.32. The van der Waals surface area contributed by atoms with Gasteiger partial charge in [0.15, 0.2) is 0 Å². The quantitative estimate of drug-likeness (QED) is 0.866. The number of aromatic nitrogens is 2. The van der Waals surface area contributed by atoms with E-state index in [4.69, 9.17) is 11.6 Å². The van der Waals surface area contributed by atoms with Crippen LogP contribution < -0.4 is 0 Å². The van der Waals surface area contributed by atoms with E-state index in [1.54, 1.807) is 0 Å². The van der Waals surface area contributed by atoms with Crippen LogP contribution in [-0.4, -0.2) is 35.5 Å². The number of imidazole rings is 1. The minimum absolute atomic E-state index is 0.708. The third kappa shape index (κ3) is 2.30. The van der Waals surface area contributed by atoms with Gasteiger partial charge in [-0.1, -0.05) is 17.7 Å². The Bertz CT molecular complexity index is 462. The SMILES string of the molecule is CN(C)CCc1nc2c(Cl)cccc2[nH]1. The first-order chi connectivity index (χ1) is 7.16. The number of hydrogen-bond acceptors (Lipinski definition) is 2. The van der Waals surface area contributed by atoms with Gasteiger partial charge in [0.05, 0.1) is 10.5 Å². The molecule has 2 rings (SSSR count). The van der Waals surface area contributed by atoms with Crippen molar-refractivity contribution in [1.29, 1.82) is 0 Å². The average molecular weight is 224 g/mol. The molecule has 1 N–H and O–H groups in total. The fourth-order valence-electron chi connectivity index (χ4n) is 1.50. The van der Waals surface area contributed by atoms with E-state index in [9.17, 15) is 0 Å². The Hall–Kier alpha value is -1.06. The van der Waals surface area contributed by atoms with E-state index in [1.165, 1.54) is 0 Å². The zero-order valence-electron chi connectivity index (χ0n) is 8.92. The minimum atomic E-state index is 0.708. The second-order valence-corrected chi connectivity index (χ2v) is 4.28. The van der Waals surface area contributed by atoms with Crippen LogP contribution in [0.4, 0.5) is 0 Å². The van der Waals surface area contributed by atoms with Gasteiger partial charge in [0, 0.05) is 13.0 Å². The molecule has 0 saturated carbocycles. The number of rotatable bonds is 3. The van der Waals surface area contributed by atoms with Gasteiger partial charge in [-0.05, 0) is 26.2 Å². The van der Waals surface area contributed by atoms with E-state index < -0.39 is 0 Å². The van der Waals surface area contributed by atoms with Gasteiger partial charge >= 0.3 is 0 Å². The van der Waals surface area contributed by atoms with Crippen LogP contribution in [0, 0.1) is 0 Å². The molecular formula is C11H14ClN3. The molecule has 0 spiro atoms. The molecule has 1 heterocycles. The monoisotopic (exact) mass is 223 g/mol. The average Bonchev–Trinajstić information content (AvgIpc) is 2.59. The third-order valence-electron chi connectivity index (χ3n) is 2.31. The molecule has 0 unspecified atom stereocenters. The van der Waals surface area contributed by atoms with Crippen molar-refractivity contribution < 1.29 is 0 Å². The lowest BCUT2D eigenvalue weighted by Crippen LogP contribution is -2.15. The predicted molar refractivity (Wildman–Crippen MR) is 63.4 cm³/mol. The summed E-state index contributed by atoms with van der Waals surface area (Å²) in [7, 11) is 4.10.